The minimum atomic E-state index is -3.81. The highest BCUT2D eigenvalue weighted by atomic mass is 35.5. The van der Waals surface area contributed by atoms with E-state index in [9.17, 15) is 18.0 Å². The Bertz CT molecular complexity index is 747. The molecular formula is C17H23ClN2O5S. The van der Waals surface area contributed by atoms with Gasteiger partial charge in [-0.3, -0.25) is 9.59 Å². The molecule has 9 heteroatoms. The molecule has 1 saturated heterocycles. The van der Waals surface area contributed by atoms with Crippen molar-refractivity contribution < 1.29 is 22.7 Å². The molecule has 1 aliphatic heterocycles. The zero-order valence-electron chi connectivity index (χ0n) is 14.6. The van der Waals surface area contributed by atoms with Crippen LogP contribution in [0.25, 0.3) is 0 Å². The Labute approximate surface area is 158 Å². The summed E-state index contributed by atoms with van der Waals surface area (Å²) in [4.78, 5) is 25.7. The van der Waals surface area contributed by atoms with E-state index in [0.717, 1.165) is 19.3 Å². The third kappa shape index (κ3) is 5.69. The van der Waals surface area contributed by atoms with Gasteiger partial charge in [0.15, 0.2) is 6.10 Å². The van der Waals surface area contributed by atoms with Crippen molar-refractivity contribution in [1.82, 2.24) is 9.62 Å². The Morgan fingerprint density at radius 2 is 1.88 bits per heavy atom. The molecule has 1 aromatic carbocycles. The Hall–Kier alpha value is -1.64. The lowest BCUT2D eigenvalue weighted by atomic mass is 10.1. The van der Waals surface area contributed by atoms with E-state index in [-0.39, 0.29) is 28.8 Å². The van der Waals surface area contributed by atoms with Crippen molar-refractivity contribution in [3.05, 3.63) is 29.3 Å². The monoisotopic (exact) mass is 402 g/mol. The lowest BCUT2D eigenvalue weighted by Crippen LogP contribution is -2.42. The first-order valence-corrected chi connectivity index (χ1v) is 10.4. The Balaban J connectivity index is 1.79. The van der Waals surface area contributed by atoms with Crippen molar-refractivity contribution in [3.63, 3.8) is 0 Å². The average molecular weight is 403 g/mol. The van der Waals surface area contributed by atoms with Crippen LogP contribution < -0.4 is 4.72 Å². The van der Waals surface area contributed by atoms with E-state index in [1.165, 1.54) is 19.1 Å². The van der Waals surface area contributed by atoms with Crippen LogP contribution in [0.2, 0.25) is 5.02 Å². The number of hydrogen-bond donors (Lipinski definition) is 1. The number of carbonyl (C=O) groups excluding carboxylic acids is 2. The number of rotatable bonds is 7. The van der Waals surface area contributed by atoms with Crippen molar-refractivity contribution >= 4 is 33.5 Å². The van der Waals surface area contributed by atoms with Gasteiger partial charge < -0.3 is 9.64 Å². The van der Waals surface area contributed by atoms with Gasteiger partial charge in [-0.1, -0.05) is 23.7 Å². The molecule has 0 spiro atoms. The predicted octanol–water partition coefficient (Wildman–Crippen LogP) is 1.95. The summed E-state index contributed by atoms with van der Waals surface area (Å²) >= 11 is 5.87. The van der Waals surface area contributed by atoms with Crippen LogP contribution in [0.3, 0.4) is 0 Å². The molecule has 0 aromatic heterocycles. The van der Waals surface area contributed by atoms with Crippen LogP contribution in [-0.2, 0) is 24.3 Å². The molecule has 7 nitrogen and oxygen atoms in total. The van der Waals surface area contributed by atoms with Crippen molar-refractivity contribution in [1.29, 1.82) is 0 Å². The smallest absolute Gasteiger partial charge is 0.307 e. The molecule has 0 radical (unpaired) electrons. The molecule has 0 unspecified atom stereocenters. The molecule has 1 atom stereocenters. The van der Waals surface area contributed by atoms with Crippen LogP contribution in [0.1, 0.15) is 32.6 Å². The number of piperidine rings is 1. The zero-order chi connectivity index (χ0) is 19.2. The molecule has 1 heterocycles. The van der Waals surface area contributed by atoms with Crippen molar-refractivity contribution in [2.24, 2.45) is 0 Å². The normalized spacial score (nSPS) is 16.2. The average Bonchev–Trinajstić information content (AvgIpc) is 2.61. The maximum absolute atomic E-state index is 12.2. The summed E-state index contributed by atoms with van der Waals surface area (Å²) in [5, 5.41) is 0.100. The molecule has 1 N–H and O–H groups in total. The fourth-order valence-corrected chi connectivity index (χ4v) is 4.26. The second-order valence-electron chi connectivity index (χ2n) is 6.10. The van der Waals surface area contributed by atoms with Gasteiger partial charge in [0.25, 0.3) is 5.91 Å². The van der Waals surface area contributed by atoms with Gasteiger partial charge in [-0.15, -0.1) is 0 Å². The van der Waals surface area contributed by atoms with Crippen molar-refractivity contribution in [2.45, 2.75) is 43.6 Å². The SMILES string of the molecule is C[C@H](OC(=O)CCNS(=O)(=O)c1ccccc1Cl)C(=O)N1CCCCC1. The van der Waals surface area contributed by atoms with E-state index in [4.69, 9.17) is 16.3 Å². The Morgan fingerprint density at radius 3 is 2.54 bits per heavy atom. The number of ether oxygens (including phenoxy) is 1. The highest BCUT2D eigenvalue weighted by Crippen LogP contribution is 2.20. The number of nitrogens with zero attached hydrogens (tertiary/aromatic N) is 1. The molecule has 26 heavy (non-hydrogen) atoms. The van der Waals surface area contributed by atoms with Gasteiger partial charge in [0.05, 0.1) is 11.4 Å². The second-order valence-corrected chi connectivity index (χ2v) is 8.24. The summed E-state index contributed by atoms with van der Waals surface area (Å²) in [6, 6.07) is 6.03. The number of hydrogen-bond acceptors (Lipinski definition) is 5. The number of benzene rings is 1. The van der Waals surface area contributed by atoms with Gasteiger partial charge in [-0.05, 0) is 38.3 Å². The number of halogens is 1. The first kappa shape index (κ1) is 20.7. The van der Waals surface area contributed by atoms with Crippen LogP contribution in [0.4, 0.5) is 0 Å². The molecule has 0 aliphatic carbocycles. The standard InChI is InChI=1S/C17H23ClN2O5S/c1-13(17(22)20-11-5-2-6-12-20)25-16(21)9-10-19-26(23,24)15-8-4-3-7-14(15)18/h3-4,7-8,13,19H,2,5-6,9-12H2,1H3/t13-/m0/s1. The quantitative estimate of drug-likeness (QED) is 0.703. The molecular weight excluding hydrogens is 380 g/mol. The number of esters is 1. The third-order valence-electron chi connectivity index (χ3n) is 4.07. The van der Waals surface area contributed by atoms with Gasteiger partial charge in [0, 0.05) is 19.6 Å². The fourth-order valence-electron chi connectivity index (χ4n) is 2.71. The van der Waals surface area contributed by atoms with E-state index in [1.807, 2.05) is 0 Å². The van der Waals surface area contributed by atoms with E-state index in [0.29, 0.717) is 13.1 Å². The first-order valence-electron chi connectivity index (χ1n) is 8.54. The van der Waals surface area contributed by atoms with Gasteiger partial charge in [-0.2, -0.15) is 0 Å². The maximum atomic E-state index is 12.2. The minimum Gasteiger partial charge on any atom is -0.452 e. The van der Waals surface area contributed by atoms with E-state index in [2.05, 4.69) is 4.72 Å². The summed E-state index contributed by atoms with van der Waals surface area (Å²) in [6.07, 6.45) is 1.96. The topological polar surface area (TPSA) is 92.8 Å². The number of nitrogens with one attached hydrogen (secondary N) is 1. The zero-order valence-corrected chi connectivity index (χ0v) is 16.2. The van der Waals surface area contributed by atoms with E-state index in [1.54, 1.807) is 17.0 Å². The molecule has 1 aromatic rings. The molecule has 0 saturated carbocycles. The molecule has 0 bridgehead atoms. The Kier molecular flexibility index (Phi) is 7.43. The fraction of sp³-hybridized carbons (Fsp3) is 0.529. The first-order chi connectivity index (χ1) is 12.3. The van der Waals surface area contributed by atoms with Crippen LogP contribution in [-0.4, -0.2) is 50.9 Å². The largest absolute Gasteiger partial charge is 0.452 e. The minimum absolute atomic E-state index is 0.0521. The number of likely N-dealkylation sites (tertiary alicyclic amines) is 1. The van der Waals surface area contributed by atoms with Crippen LogP contribution in [0.15, 0.2) is 29.2 Å². The van der Waals surface area contributed by atoms with Crippen molar-refractivity contribution in [2.75, 3.05) is 19.6 Å². The third-order valence-corrected chi connectivity index (χ3v) is 6.03. The molecule has 144 valence electrons. The van der Waals surface area contributed by atoms with Gasteiger partial charge in [0.2, 0.25) is 10.0 Å². The van der Waals surface area contributed by atoms with Gasteiger partial charge in [0.1, 0.15) is 4.90 Å². The maximum Gasteiger partial charge on any atom is 0.307 e. The summed E-state index contributed by atoms with van der Waals surface area (Å²) in [5.41, 5.74) is 0. The number of amides is 1. The molecule has 1 amide bonds. The van der Waals surface area contributed by atoms with E-state index >= 15 is 0 Å². The van der Waals surface area contributed by atoms with Crippen LogP contribution in [0.5, 0.6) is 0 Å². The van der Waals surface area contributed by atoms with Gasteiger partial charge >= 0.3 is 5.97 Å². The lowest BCUT2D eigenvalue weighted by molar-refractivity contribution is -0.159. The summed E-state index contributed by atoms with van der Waals surface area (Å²) in [6.45, 7) is 2.75. The number of sulfonamides is 1. The number of carbonyl (C=O) groups is 2. The van der Waals surface area contributed by atoms with Crippen LogP contribution in [0, 0.1) is 0 Å². The summed E-state index contributed by atoms with van der Waals surface area (Å²) in [5.74, 6) is -0.848. The second kappa shape index (κ2) is 9.34. The summed E-state index contributed by atoms with van der Waals surface area (Å²) in [7, 11) is -3.81. The lowest BCUT2D eigenvalue weighted by Gasteiger charge is -2.28. The predicted molar refractivity (Wildman–Crippen MR) is 97.2 cm³/mol. The molecule has 2 rings (SSSR count). The van der Waals surface area contributed by atoms with E-state index < -0.39 is 22.1 Å². The van der Waals surface area contributed by atoms with Crippen LogP contribution >= 0.6 is 11.6 Å². The van der Waals surface area contributed by atoms with Gasteiger partial charge in [-0.25, -0.2) is 13.1 Å². The van der Waals surface area contributed by atoms with Crippen molar-refractivity contribution in [3.8, 4) is 0 Å². The highest BCUT2D eigenvalue weighted by molar-refractivity contribution is 7.89. The summed E-state index contributed by atoms with van der Waals surface area (Å²) < 4.78 is 31.7. The highest BCUT2D eigenvalue weighted by Gasteiger charge is 2.25. The Morgan fingerprint density at radius 1 is 1.23 bits per heavy atom. The molecule has 1 fully saturated rings. The molecule has 1 aliphatic rings.